The summed E-state index contributed by atoms with van der Waals surface area (Å²) in [6, 6.07) is 0.338. The maximum absolute atomic E-state index is 5.11. The van der Waals surface area contributed by atoms with Crippen LogP contribution in [-0.4, -0.2) is 36.8 Å². The van der Waals surface area contributed by atoms with E-state index in [9.17, 15) is 0 Å². The number of methoxy groups -OCH3 is 1. The molecule has 5 nitrogen and oxygen atoms in total. The third-order valence-electron chi connectivity index (χ3n) is 3.48. The van der Waals surface area contributed by atoms with Crippen LogP contribution < -0.4 is 10.6 Å². The smallest absolute Gasteiger partial charge is 0.136 e. The van der Waals surface area contributed by atoms with Gasteiger partial charge in [-0.25, -0.2) is 9.97 Å². The van der Waals surface area contributed by atoms with E-state index in [0.29, 0.717) is 12.0 Å². The summed E-state index contributed by atoms with van der Waals surface area (Å²) in [5.41, 5.74) is 1.08. The number of ether oxygens (including phenoxy) is 1. The first-order valence-corrected chi connectivity index (χ1v) is 6.97. The highest BCUT2D eigenvalue weighted by Gasteiger charge is 2.28. The summed E-state index contributed by atoms with van der Waals surface area (Å²) >= 11 is 0. The van der Waals surface area contributed by atoms with E-state index in [1.807, 2.05) is 14.0 Å². The van der Waals surface area contributed by atoms with Crippen LogP contribution in [0.4, 0.5) is 11.6 Å². The molecule has 1 saturated carbocycles. The minimum Gasteiger partial charge on any atom is -0.385 e. The maximum atomic E-state index is 5.11. The summed E-state index contributed by atoms with van der Waals surface area (Å²) < 4.78 is 5.11. The monoisotopic (exact) mass is 264 g/mol. The Morgan fingerprint density at radius 2 is 2.00 bits per heavy atom. The number of rotatable bonds is 7. The lowest BCUT2D eigenvalue weighted by Gasteiger charge is -2.18. The minimum absolute atomic E-state index is 0.338. The molecule has 2 N–H and O–H groups in total. The largest absolute Gasteiger partial charge is 0.385 e. The van der Waals surface area contributed by atoms with E-state index in [2.05, 4.69) is 27.5 Å². The quantitative estimate of drug-likeness (QED) is 0.792. The predicted octanol–water partition coefficient (Wildman–Crippen LogP) is 2.54. The second kappa shape index (κ2) is 6.19. The van der Waals surface area contributed by atoms with Crippen molar-refractivity contribution in [1.29, 1.82) is 0 Å². The van der Waals surface area contributed by atoms with Crippen molar-refractivity contribution in [3.63, 3.8) is 0 Å². The number of hydrogen-bond acceptors (Lipinski definition) is 5. The molecule has 1 heterocycles. The molecule has 19 heavy (non-hydrogen) atoms. The zero-order valence-corrected chi connectivity index (χ0v) is 12.3. The van der Waals surface area contributed by atoms with Gasteiger partial charge >= 0.3 is 0 Å². The van der Waals surface area contributed by atoms with Crippen molar-refractivity contribution in [2.45, 2.75) is 45.1 Å². The molecule has 0 aliphatic heterocycles. The lowest BCUT2D eigenvalue weighted by Crippen LogP contribution is -2.20. The number of anilines is 2. The van der Waals surface area contributed by atoms with E-state index in [4.69, 9.17) is 4.74 Å². The first-order chi connectivity index (χ1) is 9.15. The zero-order chi connectivity index (χ0) is 13.8. The van der Waals surface area contributed by atoms with Gasteiger partial charge in [-0.2, -0.15) is 0 Å². The highest BCUT2D eigenvalue weighted by atomic mass is 16.5. The molecule has 2 rings (SSSR count). The Balaban J connectivity index is 2.15. The van der Waals surface area contributed by atoms with E-state index in [1.54, 1.807) is 7.11 Å². The van der Waals surface area contributed by atoms with Crippen LogP contribution in [0, 0.1) is 6.92 Å². The Hall–Kier alpha value is -1.36. The number of hydrogen-bond donors (Lipinski definition) is 2. The third kappa shape index (κ3) is 3.56. The van der Waals surface area contributed by atoms with Crippen molar-refractivity contribution < 1.29 is 4.74 Å². The molecule has 1 atom stereocenters. The fourth-order valence-electron chi connectivity index (χ4n) is 2.04. The van der Waals surface area contributed by atoms with Gasteiger partial charge in [0.15, 0.2) is 0 Å². The van der Waals surface area contributed by atoms with E-state index in [0.717, 1.165) is 36.1 Å². The normalized spacial score (nSPS) is 16.2. The Morgan fingerprint density at radius 3 is 2.58 bits per heavy atom. The van der Waals surface area contributed by atoms with E-state index in [-0.39, 0.29) is 0 Å². The van der Waals surface area contributed by atoms with E-state index >= 15 is 0 Å². The lowest BCUT2D eigenvalue weighted by molar-refractivity contribution is 0.191. The highest BCUT2D eigenvalue weighted by molar-refractivity contribution is 5.57. The Labute approximate surface area is 115 Å². The van der Waals surface area contributed by atoms with Crippen LogP contribution in [0.25, 0.3) is 0 Å². The van der Waals surface area contributed by atoms with Gasteiger partial charge in [0.25, 0.3) is 0 Å². The van der Waals surface area contributed by atoms with Gasteiger partial charge in [0.1, 0.15) is 17.5 Å². The second-order valence-electron chi connectivity index (χ2n) is 5.26. The molecule has 1 unspecified atom stereocenters. The fourth-order valence-corrected chi connectivity index (χ4v) is 2.04. The Kier molecular flexibility index (Phi) is 4.58. The lowest BCUT2D eigenvalue weighted by atomic mass is 10.2. The molecule has 106 valence electrons. The molecule has 0 spiro atoms. The molecule has 1 aliphatic carbocycles. The number of nitrogens with zero attached hydrogens (tertiary/aromatic N) is 2. The molecule has 0 saturated heterocycles. The molecule has 1 aromatic rings. The van der Waals surface area contributed by atoms with Crippen molar-refractivity contribution in [1.82, 2.24) is 9.97 Å². The van der Waals surface area contributed by atoms with Crippen molar-refractivity contribution in [2.24, 2.45) is 0 Å². The third-order valence-corrected chi connectivity index (χ3v) is 3.48. The summed E-state index contributed by atoms with van der Waals surface area (Å²) in [5.74, 6) is 3.40. The van der Waals surface area contributed by atoms with Crippen LogP contribution in [0.2, 0.25) is 0 Å². The molecular weight excluding hydrogens is 240 g/mol. The van der Waals surface area contributed by atoms with Gasteiger partial charge in [-0.05, 0) is 33.1 Å². The van der Waals surface area contributed by atoms with Gasteiger partial charge in [0.2, 0.25) is 0 Å². The van der Waals surface area contributed by atoms with Crippen LogP contribution in [0.5, 0.6) is 0 Å². The second-order valence-corrected chi connectivity index (χ2v) is 5.26. The van der Waals surface area contributed by atoms with Gasteiger partial charge in [-0.1, -0.05) is 0 Å². The summed E-state index contributed by atoms with van der Waals surface area (Å²) in [7, 11) is 3.64. The molecule has 0 amide bonds. The summed E-state index contributed by atoms with van der Waals surface area (Å²) in [6.07, 6.45) is 3.39. The number of aromatic nitrogens is 2. The summed E-state index contributed by atoms with van der Waals surface area (Å²) in [4.78, 5) is 9.28. The molecule has 0 aromatic carbocycles. The molecule has 1 aromatic heterocycles. The molecule has 0 bridgehead atoms. The zero-order valence-electron chi connectivity index (χ0n) is 12.3. The average molecular weight is 264 g/mol. The molecular formula is C14H24N4O. The van der Waals surface area contributed by atoms with Gasteiger partial charge in [-0.3, -0.25) is 0 Å². The molecule has 0 radical (unpaired) electrons. The van der Waals surface area contributed by atoms with Crippen LogP contribution in [0.15, 0.2) is 0 Å². The van der Waals surface area contributed by atoms with Crippen LogP contribution in [0.3, 0.4) is 0 Å². The van der Waals surface area contributed by atoms with Crippen LogP contribution >= 0.6 is 0 Å². The maximum Gasteiger partial charge on any atom is 0.136 e. The first-order valence-electron chi connectivity index (χ1n) is 6.97. The Morgan fingerprint density at radius 1 is 1.32 bits per heavy atom. The van der Waals surface area contributed by atoms with E-state index in [1.165, 1.54) is 12.8 Å². The van der Waals surface area contributed by atoms with Crippen molar-refractivity contribution in [3.05, 3.63) is 11.4 Å². The molecule has 1 fully saturated rings. The van der Waals surface area contributed by atoms with Gasteiger partial charge in [-0.15, -0.1) is 0 Å². The Bertz CT molecular complexity index is 432. The minimum atomic E-state index is 0.338. The summed E-state index contributed by atoms with van der Waals surface area (Å²) in [6.45, 7) is 4.96. The van der Waals surface area contributed by atoms with Crippen LogP contribution in [-0.2, 0) is 4.74 Å². The molecule has 5 heteroatoms. The topological polar surface area (TPSA) is 59.1 Å². The highest BCUT2D eigenvalue weighted by Crippen LogP contribution is 2.39. The fraction of sp³-hybridized carbons (Fsp3) is 0.714. The predicted molar refractivity (Wildman–Crippen MR) is 77.9 cm³/mol. The van der Waals surface area contributed by atoms with Crippen molar-refractivity contribution in [2.75, 3.05) is 31.4 Å². The SMILES string of the molecule is CNc1nc(C2CC2)nc(NC(C)CCOC)c1C. The average Bonchev–Trinajstić information content (AvgIpc) is 3.23. The first kappa shape index (κ1) is 14.1. The van der Waals surface area contributed by atoms with Gasteiger partial charge < -0.3 is 15.4 Å². The van der Waals surface area contributed by atoms with E-state index < -0.39 is 0 Å². The molecule has 1 aliphatic rings. The van der Waals surface area contributed by atoms with Gasteiger partial charge in [0.05, 0.1) is 0 Å². The number of nitrogens with one attached hydrogen (secondary N) is 2. The van der Waals surface area contributed by atoms with Crippen molar-refractivity contribution >= 4 is 11.6 Å². The van der Waals surface area contributed by atoms with Gasteiger partial charge in [0, 0.05) is 38.3 Å². The standard InChI is InChI=1S/C14H24N4O/c1-9(7-8-19-4)16-13-10(2)12(15-3)17-14(18-13)11-5-6-11/h9,11H,5-8H2,1-4H3,(H2,15,16,17,18). The van der Waals surface area contributed by atoms with Crippen LogP contribution in [0.1, 0.15) is 43.5 Å². The van der Waals surface area contributed by atoms with Crippen molar-refractivity contribution in [3.8, 4) is 0 Å². The summed E-state index contributed by atoms with van der Waals surface area (Å²) in [5, 5.41) is 6.63.